The van der Waals surface area contributed by atoms with Crippen LogP contribution in [0, 0.1) is 0 Å². The highest BCUT2D eigenvalue weighted by molar-refractivity contribution is 6.30. The van der Waals surface area contributed by atoms with E-state index in [-0.39, 0.29) is 5.56 Å². The number of carboxylic acids is 1. The molecule has 0 radical (unpaired) electrons. The van der Waals surface area contributed by atoms with Crippen molar-refractivity contribution >= 4 is 28.5 Å². The summed E-state index contributed by atoms with van der Waals surface area (Å²) in [6, 6.07) is 14.0. The average Bonchev–Trinajstić information content (AvgIpc) is 2.47. The van der Waals surface area contributed by atoms with Crippen LogP contribution in [0.4, 0.5) is 0 Å². The van der Waals surface area contributed by atoms with Gasteiger partial charge in [-0.1, -0.05) is 41.9 Å². The van der Waals surface area contributed by atoms with Crippen LogP contribution in [0.25, 0.3) is 22.1 Å². The van der Waals surface area contributed by atoms with Gasteiger partial charge in [-0.3, -0.25) is 4.79 Å². The third-order valence-corrected chi connectivity index (χ3v) is 3.58. The highest BCUT2D eigenvalue weighted by Gasteiger charge is 2.18. The Labute approximate surface area is 130 Å². The van der Waals surface area contributed by atoms with Crippen molar-refractivity contribution in [3.8, 4) is 11.1 Å². The van der Waals surface area contributed by atoms with Crippen molar-refractivity contribution in [2.75, 3.05) is 0 Å². The lowest BCUT2D eigenvalue weighted by molar-refractivity contribution is -0.136. The maximum absolute atomic E-state index is 12.2. The molecule has 0 aliphatic heterocycles. The number of halogens is 1. The molecule has 0 unspecified atom stereocenters. The number of carbonyl (C=O) groups is 1. The van der Waals surface area contributed by atoms with Gasteiger partial charge < -0.3 is 9.52 Å². The normalized spacial score (nSPS) is 10.8. The van der Waals surface area contributed by atoms with E-state index >= 15 is 0 Å². The molecule has 1 aromatic heterocycles. The quantitative estimate of drug-likeness (QED) is 0.748. The predicted molar refractivity (Wildman–Crippen MR) is 84.3 cm³/mol. The molecule has 3 aromatic rings. The molecule has 0 amide bonds. The summed E-state index contributed by atoms with van der Waals surface area (Å²) >= 11 is 6.03. The highest BCUT2D eigenvalue weighted by Crippen LogP contribution is 2.32. The van der Waals surface area contributed by atoms with Gasteiger partial charge in [-0.25, -0.2) is 4.79 Å². The van der Waals surface area contributed by atoms with E-state index in [1.165, 1.54) is 0 Å². The lowest BCUT2D eigenvalue weighted by Crippen LogP contribution is -2.14. The van der Waals surface area contributed by atoms with Gasteiger partial charge >= 0.3 is 11.6 Å². The molecule has 2 aromatic carbocycles. The van der Waals surface area contributed by atoms with E-state index in [1.807, 2.05) is 0 Å². The Balaban J connectivity index is 2.42. The fraction of sp³-hybridized carbons (Fsp3) is 0.0588. The van der Waals surface area contributed by atoms with Crippen LogP contribution in [0.5, 0.6) is 0 Å². The van der Waals surface area contributed by atoms with Crippen LogP contribution in [-0.4, -0.2) is 11.1 Å². The molecule has 0 atom stereocenters. The Bertz CT molecular complexity index is 927. The first-order valence-corrected chi connectivity index (χ1v) is 6.96. The zero-order valence-corrected chi connectivity index (χ0v) is 12.1. The smallest absolute Gasteiger partial charge is 0.340 e. The molecule has 0 saturated carbocycles. The van der Waals surface area contributed by atoms with Gasteiger partial charge in [-0.2, -0.15) is 0 Å². The molecule has 1 heterocycles. The second-order valence-electron chi connectivity index (χ2n) is 4.82. The molecule has 22 heavy (non-hydrogen) atoms. The van der Waals surface area contributed by atoms with Gasteiger partial charge in [0.15, 0.2) is 0 Å². The molecule has 0 aliphatic rings. The van der Waals surface area contributed by atoms with Crippen LogP contribution in [0.1, 0.15) is 5.56 Å². The van der Waals surface area contributed by atoms with Gasteiger partial charge in [0, 0.05) is 16.0 Å². The van der Waals surface area contributed by atoms with Crippen molar-refractivity contribution in [3.63, 3.8) is 0 Å². The lowest BCUT2D eigenvalue weighted by Gasteiger charge is -2.11. The van der Waals surface area contributed by atoms with Crippen molar-refractivity contribution in [1.82, 2.24) is 0 Å². The SMILES string of the molecule is O=C(O)Cc1c(-c2cccc(Cl)c2)c2ccccc2oc1=O. The van der Waals surface area contributed by atoms with Gasteiger partial charge in [-0.05, 0) is 23.8 Å². The van der Waals surface area contributed by atoms with Crippen LogP contribution in [0.3, 0.4) is 0 Å². The first kappa shape index (κ1) is 14.4. The van der Waals surface area contributed by atoms with Crippen molar-refractivity contribution in [1.29, 1.82) is 0 Å². The second kappa shape index (κ2) is 5.66. The van der Waals surface area contributed by atoms with Crippen molar-refractivity contribution < 1.29 is 14.3 Å². The number of rotatable bonds is 3. The molecule has 1 N–H and O–H groups in total. The van der Waals surface area contributed by atoms with Crippen LogP contribution in [0.2, 0.25) is 5.02 Å². The molecular formula is C17H11ClO4. The zero-order valence-electron chi connectivity index (χ0n) is 11.4. The summed E-state index contributed by atoms with van der Waals surface area (Å²) in [5, 5.41) is 10.3. The summed E-state index contributed by atoms with van der Waals surface area (Å²) in [5.74, 6) is -1.09. The Morgan fingerprint density at radius 2 is 1.91 bits per heavy atom. The van der Waals surface area contributed by atoms with Gasteiger partial charge in [0.05, 0.1) is 12.0 Å². The Morgan fingerprint density at radius 3 is 2.64 bits per heavy atom. The molecule has 0 fully saturated rings. The first-order valence-electron chi connectivity index (χ1n) is 6.58. The maximum Gasteiger partial charge on any atom is 0.340 e. The summed E-state index contributed by atoms with van der Waals surface area (Å²) in [4.78, 5) is 23.3. The van der Waals surface area contributed by atoms with E-state index in [1.54, 1.807) is 48.5 Å². The van der Waals surface area contributed by atoms with Gasteiger partial charge in [0.1, 0.15) is 5.58 Å². The Morgan fingerprint density at radius 1 is 1.14 bits per heavy atom. The van der Waals surface area contributed by atoms with E-state index < -0.39 is 18.0 Å². The first-order chi connectivity index (χ1) is 10.6. The van der Waals surface area contributed by atoms with E-state index in [9.17, 15) is 9.59 Å². The van der Waals surface area contributed by atoms with Gasteiger partial charge in [-0.15, -0.1) is 0 Å². The number of para-hydroxylation sites is 1. The molecule has 0 bridgehead atoms. The number of aliphatic carboxylic acids is 1. The summed E-state index contributed by atoms with van der Waals surface area (Å²) in [7, 11) is 0. The molecule has 0 saturated heterocycles. The van der Waals surface area contributed by atoms with Crippen LogP contribution >= 0.6 is 11.6 Å². The molecule has 0 aliphatic carbocycles. The third kappa shape index (κ3) is 2.61. The van der Waals surface area contributed by atoms with Crippen LogP contribution in [-0.2, 0) is 11.2 Å². The van der Waals surface area contributed by atoms with Crippen molar-refractivity contribution in [3.05, 3.63) is 69.5 Å². The third-order valence-electron chi connectivity index (χ3n) is 3.35. The average molecular weight is 315 g/mol. The lowest BCUT2D eigenvalue weighted by atomic mass is 9.95. The summed E-state index contributed by atoms with van der Waals surface area (Å²) in [5.41, 5.74) is 1.13. The van der Waals surface area contributed by atoms with E-state index in [4.69, 9.17) is 21.1 Å². The minimum absolute atomic E-state index is 0.119. The predicted octanol–water partition coefficient (Wildman–Crippen LogP) is 3.74. The summed E-state index contributed by atoms with van der Waals surface area (Å²) in [6.45, 7) is 0. The monoisotopic (exact) mass is 314 g/mol. The molecular weight excluding hydrogens is 304 g/mol. The van der Waals surface area contributed by atoms with E-state index in [0.29, 0.717) is 27.1 Å². The zero-order chi connectivity index (χ0) is 15.7. The largest absolute Gasteiger partial charge is 0.481 e. The van der Waals surface area contributed by atoms with Gasteiger partial charge in [0.25, 0.3) is 0 Å². The number of hydrogen-bond donors (Lipinski definition) is 1. The van der Waals surface area contributed by atoms with Crippen LogP contribution in [0.15, 0.2) is 57.7 Å². The molecule has 0 spiro atoms. The van der Waals surface area contributed by atoms with Gasteiger partial charge in [0.2, 0.25) is 0 Å². The number of fused-ring (bicyclic) bond motifs is 1. The molecule has 5 heteroatoms. The van der Waals surface area contributed by atoms with Crippen molar-refractivity contribution in [2.45, 2.75) is 6.42 Å². The topological polar surface area (TPSA) is 67.5 Å². The molecule has 3 rings (SSSR count). The summed E-state index contributed by atoms with van der Waals surface area (Å²) in [6.07, 6.45) is -0.408. The Hall–Kier alpha value is -2.59. The maximum atomic E-state index is 12.2. The summed E-state index contributed by atoms with van der Waals surface area (Å²) < 4.78 is 5.23. The highest BCUT2D eigenvalue weighted by atomic mass is 35.5. The van der Waals surface area contributed by atoms with E-state index in [0.717, 1.165) is 0 Å². The fourth-order valence-corrected chi connectivity index (χ4v) is 2.66. The Kier molecular flexibility index (Phi) is 3.69. The standard InChI is InChI=1S/C17H11ClO4/c18-11-5-3-4-10(8-11)16-12-6-1-2-7-14(12)22-17(21)13(16)9-15(19)20/h1-8H,9H2,(H,19,20). The second-order valence-corrected chi connectivity index (χ2v) is 5.26. The number of benzene rings is 2. The molecule has 4 nitrogen and oxygen atoms in total. The minimum atomic E-state index is -1.09. The fourth-order valence-electron chi connectivity index (χ4n) is 2.47. The molecule has 110 valence electrons. The number of hydrogen-bond acceptors (Lipinski definition) is 3. The van der Waals surface area contributed by atoms with Crippen molar-refractivity contribution in [2.24, 2.45) is 0 Å². The van der Waals surface area contributed by atoms with Crippen LogP contribution < -0.4 is 5.63 Å². The minimum Gasteiger partial charge on any atom is -0.481 e. The number of carboxylic acid groups (broad SMARTS) is 1. The van der Waals surface area contributed by atoms with E-state index in [2.05, 4.69) is 0 Å².